The van der Waals surface area contributed by atoms with Crippen molar-refractivity contribution in [2.75, 3.05) is 13.1 Å². The van der Waals surface area contributed by atoms with Crippen LogP contribution in [0.2, 0.25) is 0 Å². The van der Waals surface area contributed by atoms with Crippen molar-refractivity contribution in [1.82, 2.24) is 0 Å². The van der Waals surface area contributed by atoms with Gasteiger partial charge in [-0.3, -0.25) is 0 Å². The molecule has 0 amide bonds. The number of unbranched alkanes of at least 4 members (excludes halogenated alkanes) is 14. The smallest absolute Gasteiger partial charge is 0.202 e. The van der Waals surface area contributed by atoms with Crippen molar-refractivity contribution in [1.29, 1.82) is 0 Å². The molecule has 0 aliphatic rings. The van der Waals surface area contributed by atoms with E-state index in [9.17, 15) is 13.0 Å². The maximum atomic E-state index is 10.4. The van der Waals surface area contributed by atoms with Crippen molar-refractivity contribution in [2.45, 2.75) is 135 Å². The van der Waals surface area contributed by atoms with Gasteiger partial charge in [-0.1, -0.05) is 121 Å². The predicted molar refractivity (Wildman–Crippen MR) is 148 cm³/mol. The molecular weight excluding hydrogens is 474 g/mol. The van der Waals surface area contributed by atoms with Crippen LogP contribution in [0.5, 0.6) is 0 Å². The summed E-state index contributed by atoms with van der Waals surface area (Å²) in [5.41, 5.74) is 0.928. The number of rotatable bonds is 21. The molecule has 0 spiro atoms. The molecule has 7 heteroatoms. The van der Waals surface area contributed by atoms with Crippen LogP contribution in [0.15, 0.2) is 29.2 Å². The topological polar surface area (TPSA) is 114 Å². The molecule has 0 atom stereocenters. The minimum absolute atomic E-state index is 0.178. The van der Waals surface area contributed by atoms with Gasteiger partial charge in [-0.25, -0.2) is 8.42 Å². The molecule has 0 aliphatic heterocycles. The predicted octanol–water partition coefficient (Wildman–Crippen LogP) is 5.66. The van der Waals surface area contributed by atoms with Crippen LogP contribution in [0.1, 0.15) is 122 Å². The largest absolute Gasteiger partial charge is 0.744 e. The molecule has 212 valence electrons. The summed E-state index contributed by atoms with van der Waals surface area (Å²) in [6.07, 6.45) is 21.2. The minimum atomic E-state index is -4.27. The number of aliphatic hydroxyl groups excluding tert-OH is 1. The van der Waals surface area contributed by atoms with Crippen molar-refractivity contribution in [3.63, 3.8) is 0 Å². The minimum Gasteiger partial charge on any atom is -0.744 e. The first kappa shape index (κ1) is 35.0. The molecule has 1 aromatic rings. The Morgan fingerprint density at radius 3 is 1.47 bits per heavy atom. The monoisotopic (exact) mass is 529 g/mol. The van der Waals surface area contributed by atoms with Gasteiger partial charge in [0.15, 0.2) is 0 Å². The standard InChI is InChI=1S/C22H47NO2.C7H8O3S/c1-21(2)18-16-14-12-10-8-6-4-3-5-7-9-11-13-15-17-19-23-20-22(24)25;1-6-2-4-7(5-3-6)11(8,9)10/h21-25H,3-20H2,1-2H3;2-5H,1H3,(H,8,9,10). The third kappa shape index (κ3) is 24.7. The number of aryl methyl sites for hydroxylation is 1. The second kappa shape index (κ2) is 23.2. The van der Waals surface area contributed by atoms with Gasteiger partial charge in [-0.15, -0.1) is 0 Å². The van der Waals surface area contributed by atoms with Crippen LogP contribution in [0.4, 0.5) is 0 Å². The molecule has 0 bridgehead atoms. The molecule has 0 aliphatic carbocycles. The van der Waals surface area contributed by atoms with Crippen molar-refractivity contribution in [3.05, 3.63) is 29.8 Å². The van der Waals surface area contributed by atoms with Gasteiger partial charge in [-0.2, -0.15) is 0 Å². The number of hydrogen-bond acceptors (Lipinski definition) is 5. The molecule has 0 unspecified atom stereocenters. The van der Waals surface area contributed by atoms with Crippen molar-refractivity contribution >= 4 is 10.1 Å². The molecular formula is C29H55NO5S. The van der Waals surface area contributed by atoms with E-state index in [2.05, 4.69) is 13.8 Å². The zero-order valence-corrected chi connectivity index (χ0v) is 24.1. The molecule has 0 radical (unpaired) electrons. The zero-order chi connectivity index (χ0) is 27.1. The molecule has 0 saturated heterocycles. The fourth-order valence-electron chi connectivity index (χ4n) is 4.11. The highest BCUT2D eigenvalue weighted by molar-refractivity contribution is 7.85. The van der Waals surface area contributed by atoms with E-state index in [0.29, 0.717) is 6.54 Å². The number of aliphatic hydroxyl groups is 2. The number of benzene rings is 1. The Hall–Kier alpha value is -0.990. The molecule has 0 fully saturated rings. The highest BCUT2D eigenvalue weighted by atomic mass is 32.2. The van der Waals surface area contributed by atoms with Crippen LogP contribution in [0.25, 0.3) is 0 Å². The lowest BCUT2D eigenvalue weighted by atomic mass is 10.0. The van der Waals surface area contributed by atoms with Gasteiger partial charge in [0, 0.05) is 0 Å². The Morgan fingerprint density at radius 1 is 0.722 bits per heavy atom. The number of nitrogens with two attached hydrogens (primary N) is 1. The zero-order valence-electron chi connectivity index (χ0n) is 23.3. The average Bonchev–Trinajstić information content (AvgIpc) is 2.80. The maximum absolute atomic E-state index is 10.4. The van der Waals surface area contributed by atoms with Gasteiger partial charge in [-0.05, 0) is 37.8 Å². The van der Waals surface area contributed by atoms with Crippen LogP contribution >= 0.6 is 0 Å². The van der Waals surface area contributed by atoms with E-state index in [-0.39, 0.29) is 4.90 Å². The lowest BCUT2D eigenvalue weighted by Crippen LogP contribution is -2.86. The Balaban J connectivity index is 0.000000918. The fourth-order valence-corrected chi connectivity index (χ4v) is 4.58. The quantitative estimate of drug-likeness (QED) is 0.108. The lowest BCUT2D eigenvalue weighted by Gasteiger charge is -2.05. The van der Waals surface area contributed by atoms with Crippen LogP contribution in [0.3, 0.4) is 0 Å². The molecule has 0 aromatic heterocycles. The highest BCUT2D eigenvalue weighted by Crippen LogP contribution is 2.14. The van der Waals surface area contributed by atoms with Gasteiger partial charge in [0.05, 0.1) is 11.4 Å². The van der Waals surface area contributed by atoms with E-state index in [0.717, 1.165) is 18.0 Å². The summed E-state index contributed by atoms with van der Waals surface area (Å²) < 4.78 is 31.2. The van der Waals surface area contributed by atoms with Crippen LogP contribution in [-0.2, 0) is 10.1 Å². The molecule has 4 N–H and O–H groups in total. The molecule has 0 saturated carbocycles. The van der Waals surface area contributed by atoms with Gasteiger partial charge < -0.3 is 20.1 Å². The Bertz CT molecular complexity index is 681. The van der Waals surface area contributed by atoms with E-state index in [4.69, 9.17) is 10.2 Å². The van der Waals surface area contributed by atoms with Gasteiger partial charge in [0.25, 0.3) is 0 Å². The van der Waals surface area contributed by atoms with Crippen molar-refractivity contribution in [3.8, 4) is 0 Å². The highest BCUT2D eigenvalue weighted by Gasteiger charge is 2.00. The molecule has 0 heterocycles. The number of quaternary nitrogens is 1. The number of hydrogen-bond donors (Lipinski definition) is 3. The molecule has 1 aromatic carbocycles. The lowest BCUT2D eigenvalue weighted by molar-refractivity contribution is -0.667. The first-order valence-corrected chi connectivity index (χ1v) is 15.7. The molecule has 36 heavy (non-hydrogen) atoms. The van der Waals surface area contributed by atoms with E-state index < -0.39 is 16.4 Å². The molecule has 6 nitrogen and oxygen atoms in total. The Kier molecular flexibility index (Phi) is 22.5. The fraction of sp³-hybridized carbons (Fsp3) is 0.793. The third-order valence-electron chi connectivity index (χ3n) is 6.38. The Labute approximate surface area is 222 Å². The summed E-state index contributed by atoms with van der Waals surface area (Å²) in [7, 11) is -4.27. The van der Waals surface area contributed by atoms with Gasteiger partial charge >= 0.3 is 0 Å². The third-order valence-corrected chi connectivity index (χ3v) is 7.23. The van der Waals surface area contributed by atoms with Crippen molar-refractivity contribution < 1.29 is 28.5 Å². The maximum Gasteiger partial charge on any atom is 0.202 e. The summed E-state index contributed by atoms with van der Waals surface area (Å²) >= 11 is 0. The van der Waals surface area contributed by atoms with E-state index >= 15 is 0 Å². The summed E-state index contributed by atoms with van der Waals surface area (Å²) in [5.74, 6) is 0.880. The van der Waals surface area contributed by atoms with Crippen LogP contribution in [-0.4, -0.2) is 42.6 Å². The summed E-state index contributed by atoms with van der Waals surface area (Å²) in [5, 5.41) is 19.5. The normalized spacial score (nSPS) is 11.7. The summed E-state index contributed by atoms with van der Waals surface area (Å²) in [6.45, 7) is 7.91. The first-order valence-electron chi connectivity index (χ1n) is 14.3. The summed E-state index contributed by atoms with van der Waals surface area (Å²) in [6, 6.07) is 5.78. The Morgan fingerprint density at radius 2 is 1.11 bits per heavy atom. The summed E-state index contributed by atoms with van der Waals surface area (Å²) in [4.78, 5) is -0.178. The second-order valence-electron chi connectivity index (χ2n) is 10.5. The van der Waals surface area contributed by atoms with Gasteiger partial charge in [0.2, 0.25) is 6.29 Å². The molecule has 1 rings (SSSR count). The SMILES string of the molecule is CC(C)CCCCCCCCCCCCCCCCC[NH2+]CC(O)O.Cc1ccc(S(=O)(=O)[O-])cc1. The average molecular weight is 530 g/mol. The van der Waals surface area contributed by atoms with Crippen molar-refractivity contribution in [2.24, 2.45) is 5.92 Å². The van der Waals surface area contributed by atoms with Crippen LogP contribution < -0.4 is 5.32 Å². The van der Waals surface area contributed by atoms with E-state index in [1.807, 2.05) is 12.2 Å². The second-order valence-corrected chi connectivity index (χ2v) is 11.9. The first-order chi connectivity index (χ1) is 17.1. The van der Waals surface area contributed by atoms with Gasteiger partial charge in [0.1, 0.15) is 16.7 Å². The van der Waals surface area contributed by atoms with E-state index in [1.165, 1.54) is 115 Å². The van der Waals surface area contributed by atoms with E-state index in [1.54, 1.807) is 12.1 Å². The van der Waals surface area contributed by atoms with Crippen LogP contribution in [0, 0.1) is 12.8 Å².